The molecule has 0 bridgehead atoms. The molecule has 7 nitrogen and oxygen atoms in total. The van der Waals surface area contributed by atoms with Gasteiger partial charge in [0.2, 0.25) is 10.0 Å². The predicted molar refractivity (Wildman–Crippen MR) is 99.1 cm³/mol. The highest BCUT2D eigenvalue weighted by Gasteiger charge is 2.25. The van der Waals surface area contributed by atoms with Gasteiger partial charge in [-0.25, -0.2) is 8.42 Å². The third-order valence-electron chi connectivity index (χ3n) is 4.15. The quantitative estimate of drug-likeness (QED) is 0.730. The lowest BCUT2D eigenvalue weighted by atomic mass is 10.1. The SMILES string of the molecule is CCN(CC)S(=O)(=O)c1ccc(OC)c(C(=O)NC2CCNC2)c1.Cl. The van der Waals surface area contributed by atoms with Crippen molar-refractivity contribution in [3.05, 3.63) is 23.8 Å². The average molecular weight is 392 g/mol. The van der Waals surface area contributed by atoms with Gasteiger partial charge in [-0.1, -0.05) is 13.8 Å². The number of nitrogens with one attached hydrogen (secondary N) is 2. The van der Waals surface area contributed by atoms with Crippen molar-refractivity contribution >= 4 is 28.3 Å². The highest BCUT2D eigenvalue weighted by Crippen LogP contribution is 2.25. The number of hydrogen-bond acceptors (Lipinski definition) is 5. The van der Waals surface area contributed by atoms with Crippen molar-refractivity contribution < 1.29 is 17.9 Å². The van der Waals surface area contributed by atoms with Crippen molar-refractivity contribution in [3.63, 3.8) is 0 Å². The molecular weight excluding hydrogens is 366 g/mol. The summed E-state index contributed by atoms with van der Waals surface area (Å²) in [6.07, 6.45) is 0.853. The standard InChI is InChI=1S/C16H25N3O4S.ClH/c1-4-19(5-2)24(21,22)13-6-7-15(23-3)14(10-13)16(20)18-12-8-9-17-11-12;/h6-7,10,12,17H,4-5,8-9,11H2,1-3H3,(H,18,20);1H. The molecule has 0 aliphatic carbocycles. The van der Waals surface area contributed by atoms with Gasteiger partial charge in [-0.15, -0.1) is 12.4 Å². The largest absolute Gasteiger partial charge is 0.496 e. The van der Waals surface area contributed by atoms with Gasteiger partial charge in [-0.3, -0.25) is 4.79 Å². The molecule has 1 aliphatic heterocycles. The lowest BCUT2D eigenvalue weighted by molar-refractivity contribution is 0.0937. The Bertz CT molecular complexity index is 687. The van der Waals surface area contributed by atoms with Crippen molar-refractivity contribution in [3.8, 4) is 5.75 Å². The maximum absolute atomic E-state index is 12.7. The molecule has 1 atom stereocenters. The molecule has 0 radical (unpaired) electrons. The van der Waals surface area contributed by atoms with Crippen molar-refractivity contribution in [1.29, 1.82) is 0 Å². The van der Waals surface area contributed by atoms with Crippen LogP contribution < -0.4 is 15.4 Å². The second-order valence-corrected chi connectivity index (χ2v) is 7.55. The number of rotatable bonds is 7. The number of sulfonamides is 1. The number of amides is 1. The van der Waals surface area contributed by atoms with Gasteiger partial charge in [0, 0.05) is 25.7 Å². The fourth-order valence-corrected chi connectivity index (χ4v) is 4.26. The van der Waals surface area contributed by atoms with Crippen LogP contribution in [0.3, 0.4) is 0 Å². The normalized spacial score (nSPS) is 17.2. The van der Waals surface area contributed by atoms with Crippen LogP contribution in [0.15, 0.2) is 23.1 Å². The number of halogens is 1. The monoisotopic (exact) mass is 391 g/mol. The van der Waals surface area contributed by atoms with Gasteiger partial charge in [0.1, 0.15) is 5.75 Å². The van der Waals surface area contributed by atoms with E-state index in [0.29, 0.717) is 25.4 Å². The average Bonchev–Trinajstić information content (AvgIpc) is 3.08. The zero-order valence-corrected chi connectivity index (χ0v) is 16.4. The summed E-state index contributed by atoms with van der Waals surface area (Å²) in [5.41, 5.74) is 0.234. The second kappa shape index (κ2) is 9.38. The molecule has 1 saturated heterocycles. The Morgan fingerprint density at radius 1 is 1.36 bits per heavy atom. The zero-order chi connectivity index (χ0) is 17.7. The highest BCUT2D eigenvalue weighted by molar-refractivity contribution is 7.89. The Hall–Kier alpha value is -1.35. The Morgan fingerprint density at radius 3 is 2.56 bits per heavy atom. The van der Waals surface area contributed by atoms with Crippen LogP contribution in [0.5, 0.6) is 5.75 Å². The molecule has 2 rings (SSSR count). The molecule has 0 aromatic heterocycles. The van der Waals surface area contributed by atoms with E-state index in [0.717, 1.165) is 13.0 Å². The fourth-order valence-electron chi connectivity index (χ4n) is 2.78. The molecule has 1 aromatic carbocycles. The maximum Gasteiger partial charge on any atom is 0.255 e. The van der Waals surface area contributed by atoms with Crippen LogP contribution in [0, 0.1) is 0 Å². The maximum atomic E-state index is 12.7. The summed E-state index contributed by atoms with van der Waals surface area (Å²) in [6.45, 7) is 5.89. The highest BCUT2D eigenvalue weighted by atomic mass is 35.5. The van der Waals surface area contributed by atoms with Crippen molar-refractivity contribution in [1.82, 2.24) is 14.9 Å². The van der Waals surface area contributed by atoms with Crippen LogP contribution in [-0.2, 0) is 10.0 Å². The molecule has 2 N–H and O–H groups in total. The minimum atomic E-state index is -3.62. The lowest BCUT2D eigenvalue weighted by Crippen LogP contribution is -2.36. The van der Waals surface area contributed by atoms with E-state index in [2.05, 4.69) is 10.6 Å². The number of benzene rings is 1. The van der Waals surface area contributed by atoms with E-state index in [4.69, 9.17) is 4.74 Å². The Balaban J connectivity index is 0.00000312. The molecule has 0 saturated carbocycles. The summed E-state index contributed by atoms with van der Waals surface area (Å²) in [6, 6.07) is 4.44. The van der Waals surface area contributed by atoms with Gasteiger partial charge in [-0.2, -0.15) is 4.31 Å². The van der Waals surface area contributed by atoms with Crippen LogP contribution in [0.2, 0.25) is 0 Å². The van der Waals surface area contributed by atoms with E-state index in [-0.39, 0.29) is 34.8 Å². The predicted octanol–water partition coefficient (Wildman–Crippen LogP) is 1.24. The molecule has 142 valence electrons. The van der Waals surface area contributed by atoms with Gasteiger partial charge >= 0.3 is 0 Å². The van der Waals surface area contributed by atoms with E-state index < -0.39 is 10.0 Å². The number of hydrogen-bond donors (Lipinski definition) is 2. The van der Waals surface area contributed by atoms with Crippen molar-refractivity contribution in [2.45, 2.75) is 31.2 Å². The van der Waals surface area contributed by atoms with E-state index >= 15 is 0 Å². The first-order valence-corrected chi connectivity index (χ1v) is 9.57. The lowest BCUT2D eigenvalue weighted by Gasteiger charge is -2.20. The molecule has 9 heteroatoms. The summed E-state index contributed by atoms with van der Waals surface area (Å²) < 4.78 is 31.9. The van der Waals surface area contributed by atoms with Crippen LogP contribution in [0.1, 0.15) is 30.6 Å². The Morgan fingerprint density at radius 2 is 2.04 bits per heavy atom. The summed E-state index contributed by atoms with van der Waals surface area (Å²) in [4.78, 5) is 12.6. The summed E-state index contributed by atoms with van der Waals surface area (Å²) in [5, 5.41) is 6.09. The smallest absolute Gasteiger partial charge is 0.255 e. The molecule has 25 heavy (non-hydrogen) atoms. The van der Waals surface area contributed by atoms with Gasteiger partial charge in [-0.05, 0) is 31.2 Å². The fraction of sp³-hybridized carbons (Fsp3) is 0.562. The molecule has 1 heterocycles. The van der Waals surface area contributed by atoms with Crippen LogP contribution in [0.25, 0.3) is 0 Å². The number of nitrogens with zero attached hydrogens (tertiary/aromatic N) is 1. The Kier molecular flexibility index (Phi) is 8.14. The molecule has 1 unspecified atom stereocenters. The molecular formula is C16H26ClN3O4S. The van der Waals surface area contributed by atoms with Gasteiger partial charge in [0.05, 0.1) is 17.6 Å². The van der Waals surface area contributed by atoms with Gasteiger partial charge < -0.3 is 15.4 Å². The van der Waals surface area contributed by atoms with Crippen LogP contribution >= 0.6 is 12.4 Å². The first-order valence-electron chi connectivity index (χ1n) is 8.13. The molecule has 1 fully saturated rings. The molecule has 1 aliphatic rings. The first kappa shape index (κ1) is 21.7. The zero-order valence-electron chi connectivity index (χ0n) is 14.7. The third-order valence-corrected chi connectivity index (χ3v) is 6.20. The number of ether oxygens (including phenoxy) is 1. The van der Waals surface area contributed by atoms with Gasteiger partial charge in [0.15, 0.2) is 0 Å². The van der Waals surface area contributed by atoms with E-state index in [1.807, 2.05) is 0 Å². The number of methoxy groups -OCH3 is 1. The van der Waals surface area contributed by atoms with Crippen molar-refractivity contribution in [2.75, 3.05) is 33.3 Å². The molecule has 1 amide bonds. The summed E-state index contributed by atoms with van der Waals surface area (Å²) >= 11 is 0. The Labute approximate surface area is 155 Å². The van der Waals surface area contributed by atoms with E-state index in [9.17, 15) is 13.2 Å². The molecule has 0 spiro atoms. The first-order chi connectivity index (χ1) is 11.4. The summed E-state index contributed by atoms with van der Waals surface area (Å²) in [5.74, 6) is 0.0362. The molecule has 1 aromatic rings. The van der Waals surface area contributed by atoms with E-state index in [1.165, 1.54) is 29.6 Å². The minimum Gasteiger partial charge on any atom is -0.496 e. The van der Waals surface area contributed by atoms with E-state index in [1.54, 1.807) is 13.8 Å². The second-order valence-electron chi connectivity index (χ2n) is 5.61. The number of carbonyl (C=O) groups excluding carboxylic acids is 1. The van der Waals surface area contributed by atoms with Crippen LogP contribution in [0.4, 0.5) is 0 Å². The minimum absolute atomic E-state index is 0. The number of carbonyl (C=O) groups is 1. The van der Waals surface area contributed by atoms with Gasteiger partial charge in [0.25, 0.3) is 5.91 Å². The topological polar surface area (TPSA) is 87.7 Å². The summed E-state index contributed by atoms with van der Waals surface area (Å²) in [7, 11) is -2.16. The van der Waals surface area contributed by atoms with Crippen LogP contribution in [-0.4, -0.2) is 58.0 Å². The third kappa shape index (κ3) is 4.84. The van der Waals surface area contributed by atoms with Crippen molar-refractivity contribution in [2.24, 2.45) is 0 Å².